The minimum Gasteiger partial charge on any atom is -0.348 e. The van der Waals surface area contributed by atoms with Gasteiger partial charge in [0.1, 0.15) is 0 Å². The Bertz CT molecular complexity index is 1010. The quantitative estimate of drug-likeness (QED) is 0.690. The highest BCUT2D eigenvalue weighted by molar-refractivity contribution is 7.89. The highest BCUT2D eigenvalue weighted by atomic mass is 32.2. The van der Waals surface area contributed by atoms with E-state index in [4.69, 9.17) is 0 Å². The van der Waals surface area contributed by atoms with Crippen molar-refractivity contribution in [3.8, 4) is 0 Å². The number of nitrogens with one attached hydrogen (secondary N) is 1. The van der Waals surface area contributed by atoms with E-state index >= 15 is 0 Å². The van der Waals surface area contributed by atoms with Gasteiger partial charge in [-0.25, -0.2) is 8.42 Å². The zero-order valence-corrected chi connectivity index (χ0v) is 19.4. The number of hydrogen-bond donors (Lipinski definition) is 1. The van der Waals surface area contributed by atoms with Crippen LogP contribution in [0.4, 0.5) is 0 Å². The molecule has 0 bridgehead atoms. The van der Waals surface area contributed by atoms with Crippen LogP contribution in [0.15, 0.2) is 53.4 Å². The summed E-state index contributed by atoms with van der Waals surface area (Å²) in [4.78, 5) is 15.4. The Labute approximate surface area is 191 Å². The standard InChI is InChI=1S/C25H33N3O3S/c29-25(26-19-21-10-12-22(13-11-21)20-27-14-5-6-15-27)23-8-7-9-24(18-23)32(30,31)28-16-3-1-2-4-17-28/h7-13,18H,1-6,14-17,19-20H2,(H,26,29). The van der Waals surface area contributed by atoms with Crippen molar-refractivity contribution in [3.05, 3.63) is 65.2 Å². The molecule has 0 unspecified atom stereocenters. The molecule has 2 fully saturated rings. The molecule has 1 amide bonds. The molecule has 32 heavy (non-hydrogen) atoms. The molecule has 0 aromatic heterocycles. The highest BCUT2D eigenvalue weighted by Crippen LogP contribution is 2.21. The molecule has 2 aliphatic rings. The number of carbonyl (C=O) groups excluding carboxylic acids is 1. The Morgan fingerprint density at radius 3 is 2.12 bits per heavy atom. The number of nitrogens with zero attached hydrogens (tertiary/aromatic N) is 2. The molecule has 1 N–H and O–H groups in total. The lowest BCUT2D eigenvalue weighted by molar-refractivity contribution is 0.0950. The van der Waals surface area contributed by atoms with Crippen molar-refractivity contribution < 1.29 is 13.2 Å². The lowest BCUT2D eigenvalue weighted by Crippen LogP contribution is -2.32. The fourth-order valence-corrected chi connectivity index (χ4v) is 6.04. The van der Waals surface area contributed by atoms with Crippen LogP contribution in [0.1, 0.15) is 60.0 Å². The van der Waals surface area contributed by atoms with Crippen molar-refractivity contribution in [2.45, 2.75) is 56.5 Å². The molecule has 0 spiro atoms. The summed E-state index contributed by atoms with van der Waals surface area (Å²) in [6.07, 6.45) is 6.46. The molecule has 0 radical (unpaired) electrons. The van der Waals surface area contributed by atoms with Crippen LogP contribution in [0, 0.1) is 0 Å². The summed E-state index contributed by atoms with van der Waals surface area (Å²) in [5.41, 5.74) is 2.68. The van der Waals surface area contributed by atoms with Crippen molar-refractivity contribution in [1.29, 1.82) is 0 Å². The van der Waals surface area contributed by atoms with Gasteiger partial charge in [0.2, 0.25) is 10.0 Å². The van der Waals surface area contributed by atoms with Gasteiger partial charge >= 0.3 is 0 Å². The monoisotopic (exact) mass is 455 g/mol. The number of benzene rings is 2. The van der Waals surface area contributed by atoms with E-state index in [9.17, 15) is 13.2 Å². The van der Waals surface area contributed by atoms with Crippen LogP contribution >= 0.6 is 0 Å². The number of sulfonamides is 1. The minimum absolute atomic E-state index is 0.193. The zero-order valence-electron chi connectivity index (χ0n) is 18.6. The zero-order chi connectivity index (χ0) is 22.4. The average molecular weight is 456 g/mol. The Morgan fingerprint density at radius 2 is 1.44 bits per heavy atom. The number of rotatable bonds is 7. The summed E-state index contributed by atoms with van der Waals surface area (Å²) in [6, 6.07) is 14.7. The van der Waals surface area contributed by atoms with E-state index in [-0.39, 0.29) is 10.8 Å². The van der Waals surface area contributed by atoms with Crippen molar-refractivity contribution in [1.82, 2.24) is 14.5 Å². The van der Waals surface area contributed by atoms with Crippen LogP contribution in [0.5, 0.6) is 0 Å². The molecule has 2 heterocycles. The molecule has 0 saturated carbocycles. The first kappa shape index (κ1) is 23.0. The van der Waals surface area contributed by atoms with Gasteiger partial charge in [0.05, 0.1) is 4.90 Å². The Balaban J connectivity index is 1.36. The SMILES string of the molecule is O=C(NCc1ccc(CN2CCCC2)cc1)c1cccc(S(=O)(=O)N2CCCCCC2)c1. The van der Waals surface area contributed by atoms with E-state index in [1.807, 2.05) is 12.1 Å². The highest BCUT2D eigenvalue weighted by Gasteiger charge is 2.25. The number of carbonyl (C=O) groups is 1. The van der Waals surface area contributed by atoms with Gasteiger partial charge in [-0.15, -0.1) is 0 Å². The third-order valence-electron chi connectivity index (χ3n) is 6.38. The van der Waals surface area contributed by atoms with E-state index in [0.29, 0.717) is 25.2 Å². The normalized spacial score (nSPS) is 18.4. The van der Waals surface area contributed by atoms with Crippen molar-refractivity contribution >= 4 is 15.9 Å². The number of hydrogen-bond acceptors (Lipinski definition) is 4. The van der Waals surface area contributed by atoms with Crippen LogP contribution in [0.25, 0.3) is 0 Å². The maximum Gasteiger partial charge on any atom is 0.251 e. The van der Waals surface area contributed by atoms with Crippen molar-refractivity contribution in [2.24, 2.45) is 0 Å². The molecule has 6 nitrogen and oxygen atoms in total. The van der Waals surface area contributed by atoms with Crippen LogP contribution in [-0.2, 0) is 23.1 Å². The smallest absolute Gasteiger partial charge is 0.251 e. The molecular formula is C25H33N3O3S. The van der Waals surface area contributed by atoms with Gasteiger partial charge in [-0.2, -0.15) is 4.31 Å². The molecule has 2 saturated heterocycles. The molecule has 2 aromatic rings. The Hall–Kier alpha value is -2.22. The van der Waals surface area contributed by atoms with E-state index in [0.717, 1.165) is 37.8 Å². The summed E-state index contributed by atoms with van der Waals surface area (Å²) >= 11 is 0. The molecule has 0 aliphatic carbocycles. The maximum absolute atomic E-state index is 13.0. The summed E-state index contributed by atoms with van der Waals surface area (Å²) < 4.78 is 27.6. The Kier molecular flexibility index (Phi) is 7.60. The summed E-state index contributed by atoms with van der Waals surface area (Å²) in [6.45, 7) is 4.82. The second-order valence-corrected chi connectivity index (χ2v) is 10.8. The third-order valence-corrected chi connectivity index (χ3v) is 8.27. The summed E-state index contributed by atoms with van der Waals surface area (Å²) in [5.74, 6) is -0.265. The number of amides is 1. The third kappa shape index (κ3) is 5.77. The first-order valence-electron chi connectivity index (χ1n) is 11.7. The van der Waals surface area contributed by atoms with Gasteiger partial charge in [0.15, 0.2) is 0 Å². The Morgan fingerprint density at radius 1 is 0.812 bits per heavy atom. The number of likely N-dealkylation sites (tertiary alicyclic amines) is 1. The molecule has 4 rings (SSSR count). The molecular weight excluding hydrogens is 422 g/mol. The topological polar surface area (TPSA) is 69.7 Å². The van der Waals surface area contributed by atoms with Crippen LogP contribution in [-0.4, -0.2) is 49.7 Å². The van der Waals surface area contributed by atoms with Crippen LogP contribution in [0.3, 0.4) is 0 Å². The summed E-state index contributed by atoms with van der Waals surface area (Å²) in [5, 5.41) is 2.92. The largest absolute Gasteiger partial charge is 0.348 e. The first-order valence-corrected chi connectivity index (χ1v) is 13.1. The minimum atomic E-state index is -3.57. The van der Waals surface area contributed by atoms with E-state index < -0.39 is 10.0 Å². The van der Waals surface area contributed by atoms with E-state index in [1.54, 1.807) is 22.5 Å². The van der Waals surface area contributed by atoms with Crippen molar-refractivity contribution in [3.63, 3.8) is 0 Å². The van der Waals surface area contributed by atoms with Crippen LogP contribution < -0.4 is 5.32 Å². The molecule has 2 aliphatic heterocycles. The van der Waals surface area contributed by atoms with Gasteiger partial charge in [0, 0.05) is 31.7 Å². The molecule has 7 heteroatoms. The fourth-order valence-electron chi connectivity index (χ4n) is 4.47. The lowest BCUT2D eigenvalue weighted by Gasteiger charge is -2.20. The van der Waals surface area contributed by atoms with Gasteiger partial charge in [-0.05, 0) is 68.1 Å². The van der Waals surface area contributed by atoms with Gasteiger partial charge in [-0.3, -0.25) is 9.69 Å². The van der Waals surface area contributed by atoms with Gasteiger partial charge in [0.25, 0.3) is 5.91 Å². The predicted octanol–water partition coefficient (Wildman–Crippen LogP) is 3.78. The van der Waals surface area contributed by atoms with Gasteiger partial charge < -0.3 is 5.32 Å². The molecule has 0 atom stereocenters. The first-order chi connectivity index (χ1) is 15.5. The van der Waals surface area contributed by atoms with Gasteiger partial charge in [-0.1, -0.05) is 43.2 Å². The molecule has 172 valence electrons. The summed E-state index contributed by atoms with van der Waals surface area (Å²) in [7, 11) is -3.57. The maximum atomic E-state index is 13.0. The fraction of sp³-hybridized carbons (Fsp3) is 0.480. The predicted molar refractivity (Wildman–Crippen MR) is 126 cm³/mol. The second kappa shape index (κ2) is 10.6. The molecule has 2 aromatic carbocycles. The van der Waals surface area contributed by atoms with E-state index in [2.05, 4.69) is 22.3 Å². The lowest BCUT2D eigenvalue weighted by atomic mass is 10.1. The van der Waals surface area contributed by atoms with E-state index in [1.165, 1.54) is 37.6 Å². The average Bonchev–Trinajstić information content (AvgIpc) is 3.16. The second-order valence-electron chi connectivity index (χ2n) is 8.83. The van der Waals surface area contributed by atoms with Crippen LogP contribution in [0.2, 0.25) is 0 Å². The van der Waals surface area contributed by atoms with Crippen molar-refractivity contribution in [2.75, 3.05) is 26.2 Å².